The number of alkyl halides is 3. The van der Waals surface area contributed by atoms with Gasteiger partial charge in [-0.2, -0.15) is 13.2 Å². The number of esters is 1. The molecule has 1 amide bonds. The van der Waals surface area contributed by atoms with Crippen LogP contribution in [0.2, 0.25) is 0 Å². The van der Waals surface area contributed by atoms with Crippen LogP contribution in [-0.2, 0) is 20.4 Å². The van der Waals surface area contributed by atoms with Gasteiger partial charge in [0.15, 0.2) is 12.3 Å². The molecule has 0 saturated carbocycles. The fraction of sp³-hybridized carbons (Fsp3) is 0.261. The Labute approximate surface area is 197 Å². The van der Waals surface area contributed by atoms with E-state index in [4.69, 9.17) is 14.2 Å². The maximum absolute atomic E-state index is 13.1. The number of methoxy groups -OCH3 is 1. The van der Waals surface area contributed by atoms with Crippen LogP contribution < -0.4 is 10.1 Å². The highest BCUT2D eigenvalue weighted by molar-refractivity contribution is 7.13. The van der Waals surface area contributed by atoms with E-state index in [1.807, 2.05) is 31.2 Å². The summed E-state index contributed by atoms with van der Waals surface area (Å²) in [6, 6.07) is 10.3. The minimum atomic E-state index is -4.61. The molecular formula is C23H21F3N2O5S. The summed E-state index contributed by atoms with van der Waals surface area (Å²) in [6.45, 7) is 1.49. The molecule has 3 aromatic rings. The molecule has 34 heavy (non-hydrogen) atoms. The molecular weight excluding hydrogens is 473 g/mol. The van der Waals surface area contributed by atoms with Crippen molar-refractivity contribution in [1.29, 1.82) is 0 Å². The van der Waals surface area contributed by atoms with Crippen molar-refractivity contribution >= 4 is 28.9 Å². The summed E-state index contributed by atoms with van der Waals surface area (Å²) in [5, 5.41) is 4.41. The maximum Gasteiger partial charge on any atom is 0.416 e. The molecule has 1 heterocycles. The molecule has 0 unspecified atom stereocenters. The Hall–Kier alpha value is -3.44. The number of carbonyl (C=O) groups is 2. The quantitative estimate of drug-likeness (QED) is 0.334. The molecule has 0 bridgehead atoms. The van der Waals surface area contributed by atoms with Crippen LogP contribution in [0.3, 0.4) is 0 Å². The Morgan fingerprint density at radius 1 is 1.09 bits per heavy atom. The number of nitrogens with one attached hydrogen (secondary N) is 1. The molecule has 2 aromatic carbocycles. The summed E-state index contributed by atoms with van der Waals surface area (Å²) in [5.41, 5.74) is 0.764. The second-order valence-corrected chi connectivity index (χ2v) is 7.94. The molecule has 7 nitrogen and oxygen atoms in total. The van der Waals surface area contributed by atoms with E-state index in [2.05, 4.69) is 10.3 Å². The highest BCUT2D eigenvalue weighted by atomic mass is 32.1. The second-order valence-electron chi connectivity index (χ2n) is 7.08. The van der Waals surface area contributed by atoms with Gasteiger partial charge in [-0.1, -0.05) is 29.8 Å². The van der Waals surface area contributed by atoms with Gasteiger partial charge in [-0.05, 0) is 25.1 Å². The van der Waals surface area contributed by atoms with Gasteiger partial charge in [0.05, 0.1) is 17.9 Å². The first kappa shape index (κ1) is 25.2. The number of rotatable bonds is 9. The molecule has 0 atom stereocenters. The zero-order chi connectivity index (χ0) is 24.7. The molecule has 0 aliphatic rings. The average molecular weight is 494 g/mol. The third kappa shape index (κ3) is 6.78. The van der Waals surface area contributed by atoms with E-state index < -0.39 is 30.2 Å². The molecule has 0 saturated heterocycles. The number of halogens is 3. The first-order chi connectivity index (χ1) is 16.2. The number of benzene rings is 2. The molecule has 1 N–H and O–H groups in total. The van der Waals surface area contributed by atoms with Crippen LogP contribution in [0.5, 0.6) is 5.75 Å². The van der Waals surface area contributed by atoms with Gasteiger partial charge in [-0.3, -0.25) is 4.79 Å². The zero-order valence-electron chi connectivity index (χ0n) is 18.3. The van der Waals surface area contributed by atoms with Crippen molar-refractivity contribution in [3.05, 3.63) is 64.7 Å². The van der Waals surface area contributed by atoms with Crippen molar-refractivity contribution in [3.8, 4) is 16.3 Å². The first-order valence-corrected chi connectivity index (χ1v) is 10.9. The van der Waals surface area contributed by atoms with E-state index in [0.29, 0.717) is 5.01 Å². The number of hydrogen-bond donors (Lipinski definition) is 1. The van der Waals surface area contributed by atoms with Crippen LogP contribution in [0.15, 0.2) is 47.8 Å². The van der Waals surface area contributed by atoms with Crippen LogP contribution >= 0.6 is 11.3 Å². The SMILES string of the molecule is COCCOc1ccc(C(F)(F)F)cc1NC(=O)COC(=O)c1csc(-c2ccc(C)cc2)n1. The molecule has 1 aromatic heterocycles. The van der Waals surface area contributed by atoms with Crippen molar-refractivity contribution < 1.29 is 37.0 Å². The van der Waals surface area contributed by atoms with Gasteiger partial charge in [0.1, 0.15) is 17.4 Å². The summed E-state index contributed by atoms with van der Waals surface area (Å²) in [6.07, 6.45) is -4.61. The Balaban J connectivity index is 1.63. The molecule has 11 heteroatoms. The zero-order valence-corrected chi connectivity index (χ0v) is 19.1. The van der Waals surface area contributed by atoms with Crippen molar-refractivity contribution in [2.24, 2.45) is 0 Å². The summed E-state index contributed by atoms with van der Waals surface area (Å²) >= 11 is 1.24. The molecule has 3 rings (SSSR count). The van der Waals surface area contributed by atoms with Crippen LogP contribution in [0.4, 0.5) is 18.9 Å². The monoisotopic (exact) mass is 494 g/mol. The first-order valence-electron chi connectivity index (χ1n) is 10.00. The standard InChI is InChI=1S/C23H21F3N2O5S/c1-14-3-5-15(6-4-14)21-28-18(13-34-21)22(30)33-12-20(29)27-17-11-16(23(24,25)26)7-8-19(17)32-10-9-31-2/h3-8,11,13H,9-10,12H2,1-2H3,(H,27,29). The van der Waals surface area contributed by atoms with Gasteiger partial charge < -0.3 is 19.5 Å². The fourth-order valence-electron chi connectivity index (χ4n) is 2.75. The van der Waals surface area contributed by atoms with E-state index in [0.717, 1.165) is 29.3 Å². The largest absolute Gasteiger partial charge is 0.489 e. The van der Waals surface area contributed by atoms with E-state index >= 15 is 0 Å². The summed E-state index contributed by atoms with van der Waals surface area (Å²) < 4.78 is 54.4. The highest BCUT2D eigenvalue weighted by Crippen LogP contribution is 2.35. The highest BCUT2D eigenvalue weighted by Gasteiger charge is 2.31. The van der Waals surface area contributed by atoms with Gasteiger partial charge in [0, 0.05) is 18.1 Å². The fourth-order valence-corrected chi connectivity index (χ4v) is 3.55. The Kier molecular flexibility index (Phi) is 8.24. The lowest BCUT2D eigenvalue weighted by Gasteiger charge is -2.15. The number of aromatic nitrogens is 1. The lowest BCUT2D eigenvalue weighted by Crippen LogP contribution is -2.22. The number of hydrogen-bond acceptors (Lipinski definition) is 7. The van der Waals surface area contributed by atoms with E-state index in [-0.39, 0.29) is 30.3 Å². The number of carbonyl (C=O) groups excluding carboxylic acids is 2. The van der Waals surface area contributed by atoms with Gasteiger partial charge in [0.2, 0.25) is 0 Å². The smallest absolute Gasteiger partial charge is 0.416 e. The topological polar surface area (TPSA) is 86.8 Å². The number of anilines is 1. The Morgan fingerprint density at radius 3 is 2.50 bits per heavy atom. The second kappa shape index (κ2) is 11.1. The molecule has 0 aliphatic heterocycles. The Morgan fingerprint density at radius 2 is 1.82 bits per heavy atom. The van der Waals surface area contributed by atoms with Crippen molar-refractivity contribution in [2.45, 2.75) is 13.1 Å². The van der Waals surface area contributed by atoms with Crippen LogP contribution in [0.1, 0.15) is 21.6 Å². The average Bonchev–Trinajstić information content (AvgIpc) is 3.29. The van der Waals surface area contributed by atoms with Gasteiger partial charge in [-0.15, -0.1) is 11.3 Å². The summed E-state index contributed by atoms with van der Waals surface area (Å²) in [7, 11) is 1.44. The van der Waals surface area contributed by atoms with Crippen LogP contribution in [0, 0.1) is 6.92 Å². The molecule has 0 radical (unpaired) electrons. The van der Waals surface area contributed by atoms with Crippen LogP contribution in [-0.4, -0.2) is 43.8 Å². The van der Waals surface area contributed by atoms with Crippen LogP contribution in [0.25, 0.3) is 10.6 Å². The minimum Gasteiger partial charge on any atom is -0.489 e. The van der Waals surface area contributed by atoms with Crippen molar-refractivity contribution in [3.63, 3.8) is 0 Å². The lowest BCUT2D eigenvalue weighted by atomic mass is 10.1. The lowest BCUT2D eigenvalue weighted by molar-refractivity contribution is -0.137. The van der Waals surface area contributed by atoms with Gasteiger partial charge in [-0.25, -0.2) is 9.78 Å². The number of ether oxygens (including phenoxy) is 3. The van der Waals surface area contributed by atoms with Crippen molar-refractivity contribution in [1.82, 2.24) is 4.98 Å². The van der Waals surface area contributed by atoms with Crippen molar-refractivity contribution in [2.75, 3.05) is 32.2 Å². The van der Waals surface area contributed by atoms with E-state index in [1.54, 1.807) is 0 Å². The molecule has 0 fully saturated rings. The summed E-state index contributed by atoms with van der Waals surface area (Å²) in [5.74, 6) is -1.64. The normalized spacial score (nSPS) is 11.2. The number of aryl methyl sites for hydroxylation is 1. The van der Waals surface area contributed by atoms with E-state index in [9.17, 15) is 22.8 Å². The minimum absolute atomic E-state index is 0.0203. The maximum atomic E-state index is 13.1. The van der Waals surface area contributed by atoms with Gasteiger partial charge >= 0.3 is 12.1 Å². The predicted molar refractivity (Wildman–Crippen MR) is 120 cm³/mol. The predicted octanol–water partition coefficient (Wildman–Crippen LogP) is 4.96. The summed E-state index contributed by atoms with van der Waals surface area (Å²) in [4.78, 5) is 28.8. The Bertz CT molecular complexity index is 1150. The third-order valence-corrected chi connectivity index (χ3v) is 5.36. The molecule has 0 spiro atoms. The van der Waals surface area contributed by atoms with Gasteiger partial charge in [0.25, 0.3) is 5.91 Å². The molecule has 180 valence electrons. The van der Waals surface area contributed by atoms with E-state index in [1.165, 1.54) is 23.8 Å². The number of nitrogens with zero attached hydrogens (tertiary/aromatic N) is 1. The molecule has 0 aliphatic carbocycles. The third-order valence-electron chi connectivity index (χ3n) is 4.47. The number of amides is 1. The number of thiazole rings is 1.